The van der Waals surface area contributed by atoms with Gasteiger partial charge in [0.05, 0.1) is 12.3 Å². The molecular formula is C19H33ClN2O2. The van der Waals surface area contributed by atoms with E-state index in [2.05, 4.69) is 47.9 Å². The first-order valence-corrected chi connectivity index (χ1v) is 9.00. The van der Waals surface area contributed by atoms with E-state index in [1.54, 1.807) is 0 Å². The predicted octanol–water partition coefficient (Wildman–Crippen LogP) is 3.43. The van der Waals surface area contributed by atoms with Crippen molar-refractivity contribution in [2.24, 2.45) is 5.92 Å². The molecule has 2 rings (SSSR count). The van der Waals surface area contributed by atoms with Crippen LogP contribution in [0.15, 0.2) is 24.3 Å². The molecule has 1 aromatic carbocycles. The van der Waals surface area contributed by atoms with E-state index >= 15 is 0 Å². The van der Waals surface area contributed by atoms with Gasteiger partial charge in [0, 0.05) is 32.8 Å². The van der Waals surface area contributed by atoms with Crippen molar-refractivity contribution >= 4 is 18.1 Å². The maximum atomic E-state index is 8.84. The summed E-state index contributed by atoms with van der Waals surface area (Å²) in [7, 11) is 0. The SMILES string of the molecule is CC(C)COc1ccccc1N1CCN(CCCCCO)CC1.Cl. The fourth-order valence-electron chi connectivity index (χ4n) is 2.93. The van der Waals surface area contributed by atoms with Crippen LogP contribution < -0.4 is 9.64 Å². The molecule has 0 radical (unpaired) electrons. The standard InChI is InChI=1S/C19H32N2O2.ClH/c1-17(2)16-23-19-9-5-4-8-18(19)21-13-11-20(12-14-21)10-6-3-7-15-22;/h4-5,8-9,17,22H,3,6-7,10-16H2,1-2H3;1H. The largest absolute Gasteiger partial charge is 0.491 e. The summed E-state index contributed by atoms with van der Waals surface area (Å²) in [5, 5.41) is 8.84. The third kappa shape index (κ3) is 6.88. The van der Waals surface area contributed by atoms with Crippen molar-refractivity contribution in [1.29, 1.82) is 0 Å². The van der Waals surface area contributed by atoms with E-state index in [-0.39, 0.29) is 12.4 Å². The van der Waals surface area contributed by atoms with E-state index in [1.165, 1.54) is 12.1 Å². The molecule has 0 aromatic heterocycles. The Morgan fingerprint density at radius 1 is 1.04 bits per heavy atom. The van der Waals surface area contributed by atoms with Crippen LogP contribution in [0.25, 0.3) is 0 Å². The van der Waals surface area contributed by atoms with Crippen LogP contribution in [-0.2, 0) is 0 Å². The lowest BCUT2D eigenvalue weighted by Crippen LogP contribution is -2.46. The average Bonchev–Trinajstić information content (AvgIpc) is 2.58. The third-order valence-corrected chi connectivity index (χ3v) is 4.28. The van der Waals surface area contributed by atoms with Gasteiger partial charge in [-0.1, -0.05) is 26.0 Å². The molecule has 1 aromatic rings. The number of hydrogen-bond donors (Lipinski definition) is 1. The number of benzene rings is 1. The van der Waals surface area contributed by atoms with Gasteiger partial charge in [0.15, 0.2) is 0 Å². The lowest BCUT2D eigenvalue weighted by atomic mass is 10.2. The first kappa shape index (κ1) is 21.1. The topological polar surface area (TPSA) is 35.9 Å². The normalized spacial score (nSPS) is 15.4. The Morgan fingerprint density at radius 3 is 2.42 bits per heavy atom. The molecular weight excluding hydrogens is 324 g/mol. The molecule has 1 aliphatic rings. The van der Waals surface area contributed by atoms with Crippen molar-refractivity contribution in [3.05, 3.63) is 24.3 Å². The van der Waals surface area contributed by atoms with E-state index in [1.807, 2.05) is 0 Å². The van der Waals surface area contributed by atoms with Crippen molar-refractivity contribution in [3.8, 4) is 5.75 Å². The number of unbranched alkanes of at least 4 members (excludes halogenated alkanes) is 2. The Balaban J connectivity index is 0.00000288. The van der Waals surface area contributed by atoms with Crippen LogP contribution >= 0.6 is 12.4 Å². The van der Waals surface area contributed by atoms with E-state index in [4.69, 9.17) is 9.84 Å². The van der Waals surface area contributed by atoms with Crippen LogP contribution in [0.3, 0.4) is 0 Å². The van der Waals surface area contributed by atoms with Crippen LogP contribution in [0.5, 0.6) is 5.75 Å². The van der Waals surface area contributed by atoms with Crippen molar-refractivity contribution in [2.75, 3.05) is 50.8 Å². The Morgan fingerprint density at radius 2 is 1.75 bits per heavy atom. The Labute approximate surface area is 153 Å². The highest BCUT2D eigenvalue weighted by Crippen LogP contribution is 2.29. The van der Waals surface area contributed by atoms with Gasteiger partial charge in [-0.2, -0.15) is 0 Å². The molecule has 4 nitrogen and oxygen atoms in total. The molecule has 0 aliphatic carbocycles. The molecule has 0 atom stereocenters. The van der Waals surface area contributed by atoms with E-state index in [9.17, 15) is 0 Å². The summed E-state index contributed by atoms with van der Waals surface area (Å²) >= 11 is 0. The molecule has 0 saturated carbocycles. The molecule has 1 aliphatic heterocycles. The molecule has 0 spiro atoms. The number of aliphatic hydroxyl groups excluding tert-OH is 1. The third-order valence-electron chi connectivity index (χ3n) is 4.28. The fourth-order valence-corrected chi connectivity index (χ4v) is 2.93. The number of para-hydroxylation sites is 2. The van der Waals surface area contributed by atoms with Gasteiger partial charge < -0.3 is 14.7 Å². The van der Waals surface area contributed by atoms with Crippen LogP contribution in [0, 0.1) is 5.92 Å². The molecule has 0 amide bonds. The highest BCUT2D eigenvalue weighted by molar-refractivity contribution is 5.85. The molecule has 138 valence electrons. The number of hydrogen-bond acceptors (Lipinski definition) is 4. The number of aliphatic hydroxyl groups is 1. The van der Waals surface area contributed by atoms with Crippen molar-refractivity contribution < 1.29 is 9.84 Å². The predicted molar refractivity (Wildman–Crippen MR) is 104 cm³/mol. The zero-order chi connectivity index (χ0) is 16.5. The van der Waals surface area contributed by atoms with Crippen LogP contribution in [0.2, 0.25) is 0 Å². The number of rotatable bonds is 9. The highest BCUT2D eigenvalue weighted by atomic mass is 35.5. The first-order chi connectivity index (χ1) is 11.2. The molecule has 1 fully saturated rings. The molecule has 1 N–H and O–H groups in total. The summed E-state index contributed by atoms with van der Waals surface area (Å²) in [4.78, 5) is 4.98. The second-order valence-corrected chi connectivity index (χ2v) is 6.79. The fraction of sp³-hybridized carbons (Fsp3) is 0.684. The number of piperazine rings is 1. The molecule has 5 heteroatoms. The van der Waals surface area contributed by atoms with Crippen LogP contribution in [0.4, 0.5) is 5.69 Å². The second kappa shape index (κ2) is 11.6. The van der Waals surface area contributed by atoms with Crippen LogP contribution in [-0.4, -0.2) is 55.9 Å². The van der Waals surface area contributed by atoms with Gasteiger partial charge in [-0.05, 0) is 43.9 Å². The van der Waals surface area contributed by atoms with E-state index in [0.29, 0.717) is 12.5 Å². The minimum absolute atomic E-state index is 0. The second-order valence-electron chi connectivity index (χ2n) is 6.79. The number of nitrogens with zero attached hydrogens (tertiary/aromatic N) is 2. The summed E-state index contributed by atoms with van der Waals surface area (Å²) in [5.41, 5.74) is 1.23. The maximum Gasteiger partial charge on any atom is 0.142 e. The van der Waals surface area contributed by atoms with Crippen molar-refractivity contribution in [1.82, 2.24) is 4.90 Å². The van der Waals surface area contributed by atoms with Gasteiger partial charge in [-0.3, -0.25) is 4.90 Å². The Bertz CT molecular complexity index is 449. The lowest BCUT2D eigenvalue weighted by Gasteiger charge is -2.36. The smallest absolute Gasteiger partial charge is 0.142 e. The van der Waals surface area contributed by atoms with Gasteiger partial charge >= 0.3 is 0 Å². The Kier molecular flexibility index (Phi) is 10.2. The highest BCUT2D eigenvalue weighted by Gasteiger charge is 2.19. The van der Waals surface area contributed by atoms with Crippen molar-refractivity contribution in [2.45, 2.75) is 33.1 Å². The summed E-state index contributed by atoms with van der Waals surface area (Å²) in [6.07, 6.45) is 3.25. The van der Waals surface area contributed by atoms with Gasteiger partial charge in [0.25, 0.3) is 0 Å². The van der Waals surface area contributed by atoms with E-state index in [0.717, 1.165) is 57.9 Å². The molecule has 0 unspecified atom stereocenters. The van der Waals surface area contributed by atoms with E-state index < -0.39 is 0 Å². The minimum Gasteiger partial charge on any atom is -0.491 e. The van der Waals surface area contributed by atoms with Gasteiger partial charge in [0.1, 0.15) is 5.75 Å². The van der Waals surface area contributed by atoms with Gasteiger partial charge in [-0.25, -0.2) is 0 Å². The number of anilines is 1. The van der Waals surface area contributed by atoms with Crippen molar-refractivity contribution in [3.63, 3.8) is 0 Å². The monoisotopic (exact) mass is 356 g/mol. The molecule has 1 saturated heterocycles. The zero-order valence-electron chi connectivity index (χ0n) is 15.1. The number of halogens is 1. The summed E-state index contributed by atoms with van der Waals surface area (Å²) in [6.45, 7) is 10.9. The van der Waals surface area contributed by atoms with Gasteiger partial charge in [-0.15, -0.1) is 12.4 Å². The zero-order valence-corrected chi connectivity index (χ0v) is 15.9. The van der Waals surface area contributed by atoms with Gasteiger partial charge in [0.2, 0.25) is 0 Å². The Hall–Kier alpha value is -0.970. The minimum atomic E-state index is 0. The quantitative estimate of drug-likeness (QED) is 0.688. The molecule has 0 bridgehead atoms. The first-order valence-electron chi connectivity index (χ1n) is 9.00. The average molecular weight is 357 g/mol. The lowest BCUT2D eigenvalue weighted by molar-refractivity contribution is 0.240. The summed E-state index contributed by atoms with van der Waals surface area (Å²) in [5.74, 6) is 1.55. The summed E-state index contributed by atoms with van der Waals surface area (Å²) in [6, 6.07) is 8.40. The van der Waals surface area contributed by atoms with Crippen LogP contribution in [0.1, 0.15) is 33.1 Å². The maximum absolute atomic E-state index is 8.84. The summed E-state index contributed by atoms with van der Waals surface area (Å²) < 4.78 is 5.99. The molecule has 24 heavy (non-hydrogen) atoms. The number of ether oxygens (including phenoxy) is 1. The molecule has 1 heterocycles.